The maximum absolute atomic E-state index is 12.9. The highest BCUT2D eigenvalue weighted by atomic mass is 32.2. The average molecular weight is 382 g/mol. The van der Waals surface area contributed by atoms with E-state index in [1.807, 2.05) is 0 Å². The lowest BCUT2D eigenvalue weighted by Gasteiger charge is -2.31. The van der Waals surface area contributed by atoms with E-state index in [0.717, 1.165) is 19.4 Å². The molecule has 3 rings (SSSR count). The number of hydrogen-bond acceptors (Lipinski definition) is 5. The van der Waals surface area contributed by atoms with Gasteiger partial charge < -0.3 is 14.8 Å². The number of benzene rings is 1. The Bertz CT molecular complexity index is 714. The summed E-state index contributed by atoms with van der Waals surface area (Å²) in [6, 6.07) is 6.33. The van der Waals surface area contributed by atoms with Gasteiger partial charge in [-0.1, -0.05) is 0 Å². The lowest BCUT2D eigenvalue weighted by atomic mass is 9.99. The highest BCUT2D eigenvalue weighted by molar-refractivity contribution is 7.89. The summed E-state index contributed by atoms with van der Waals surface area (Å²) in [6.45, 7) is 1.90. The Morgan fingerprint density at radius 1 is 1.27 bits per heavy atom. The summed E-state index contributed by atoms with van der Waals surface area (Å²) >= 11 is 0. The van der Waals surface area contributed by atoms with E-state index in [1.54, 1.807) is 12.1 Å². The van der Waals surface area contributed by atoms with Crippen LogP contribution in [0.15, 0.2) is 29.2 Å². The molecule has 0 spiro atoms. The summed E-state index contributed by atoms with van der Waals surface area (Å²) in [5.74, 6) is 0.197. The summed E-state index contributed by atoms with van der Waals surface area (Å²) in [7, 11) is -2.08. The van der Waals surface area contributed by atoms with Crippen LogP contribution >= 0.6 is 0 Å². The fourth-order valence-corrected chi connectivity index (χ4v) is 4.96. The van der Waals surface area contributed by atoms with Gasteiger partial charge in [0, 0.05) is 26.2 Å². The van der Waals surface area contributed by atoms with Crippen molar-refractivity contribution in [2.24, 2.45) is 5.92 Å². The first-order chi connectivity index (χ1) is 12.5. The maximum atomic E-state index is 12.9. The van der Waals surface area contributed by atoms with Crippen LogP contribution in [-0.2, 0) is 19.6 Å². The van der Waals surface area contributed by atoms with E-state index in [9.17, 15) is 13.2 Å². The van der Waals surface area contributed by atoms with E-state index in [-0.39, 0.29) is 29.4 Å². The lowest BCUT2D eigenvalue weighted by Crippen LogP contribution is -2.46. The predicted octanol–water partition coefficient (Wildman–Crippen LogP) is 1.39. The third-order valence-electron chi connectivity index (χ3n) is 4.98. The molecule has 0 unspecified atom stereocenters. The lowest BCUT2D eigenvalue weighted by molar-refractivity contribution is -0.126. The van der Waals surface area contributed by atoms with Crippen LogP contribution in [0.5, 0.6) is 5.75 Å². The Hall–Kier alpha value is -1.64. The fraction of sp³-hybridized carbons (Fsp3) is 0.611. The van der Waals surface area contributed by atoms with Gasteiger partial charge in [0.15, 0.2) is 0 Å². The molecule has 1 aromatic rings. The van der Waals surface area contributed by atoms with E-state index in [2.05, 4.69) is 5.32 Å². The van der Waals surface area contributed by atoms with E-state index in [4.69, 9.17) is 9.47 Å². The maximum Gasteiger partial charge on any atom is 0.243 e. The zero-order chi connectivity index (χ0) is 18.6. The molecule has 144 valence electrons. The minimum Gasteiger partial charge on any atom is -0.497 e. The summed E-state index contributed by atoms with van der Waals surface area (Å²) in [5.41, 5.74) is 0. The monoisotopic (exact) mass is 382 g/mol. The van der Waals surface area contributed by atoms with Gasteiger partial charge in [-0.25, -0.2) is 8.42 Å². The summed E-state index contributed by atoms with van der Waals surface area (Å²) < 4.78 is 37.7. The fourth-order valence-electron chi connectivity index (χ4n) is 3.44. The third kappa shape index (κ3) is 4.36. The predicted molar refractivity (Wildman–Crippen MR) is 96.5 cm³/mol. The van der Waals surface area contributed by atoms with Crippen LogP contribution < -0.4 is 10.1 Å². The average Bonchev–Trinajstić information content (AvgIpc) is 3.20. The van der Waals surface area contributed by atoms with Crippen LogP contribution in [0.3, 0.4) is 0 Å². The Morgan fingerprint density at radius 2 is 2.04 bits per heavy atom. The van der Waals surface area contributed by atoms with Crippen molar-refractivity contribution in [2.75, 3.05) is 33.4 Å². The molecule has 0 bridgehead atoms. The van der Waals surface area contributed by atoms with Crippen LogP contribution in [0.2, 0.25) is 0 Å². The molecule has 2 aliphatic rings. The molecule has 2 fully saturated rings. The third-order valence-corrected chi connectivity index (χ3v) is 6.86. The van der Waals surface area contributed by atoms with Crippen molar-refractivity contribution in [1.82, 2.24) is 9.62 Å². The zero-order valence-electron chi connectivity index (χ0n) is 15.0. The molecule has 8 heteroatoms. The second-order valence-corrected chi connectivity index (χ2v) is 8.70. The SMILES string of the molecule is COc1ccc(S(=O)(=O)N2CCC[C@H](C(=O)NC[C@H]3CCCO3)C2)cc1. The smallest absolute Gasteiger partial charge is 0.243 e. The Labute approximate surface area is 154 Å². The molecule has 26 heavy (non-hydrogen) atoms. The molecule has 2 saturated heterocycles. The van der Waals surface area contributed by atoms with Gasteiger partial charge >= 0.3 is 0 Å². The van der Waals surface area contributed by atoms with Gasteiger partial charge in [0.05, 0.1) is 24.0 Å². The van der Waals surface area contributed by atoms with Gasteiger partial charge in [-0.3, -0.25) is 4.79 Å². The van der Waals surface area contributed by atoms with Gasteiger partial charge in [0.1, 0.15) is 5.75 Å². The Kier molecular flexibility index (Phi) is 6.16. The normalized spacial score (nSPS) is 24.3. The minimum absolute atomic E-state index is 0.0849. The van der Waals surface area contributed by atoms with Gasteiger partial charge in [-0.2, -0.15) is 4.31 Å². The van der Waals surface area contributed by atoms with Crippen molar-refractivity contribution in [3.8, 4) is 5.75 Å². The molecule has 2 aliphatic heterocycles. The summed E-state index contributed by atoms with van der Waals surface area (Å²) in [4.78, 5) is 12.7. The molecule has 0 aliphatic carbocycles. The standard InChI is InChI=1S/C18H26N2O5S/c1-24-15-6-8-17(9-7-15)26(22,23)20-10-2-4-14(13-20)18(21)19-12-16-5-3-11-25-16/h6-9,14,16H,2-5,10-13H2,1H3,(H,19,21)/t14-,16+/m0/s1. The number of piperidine rings is 1. The van der Waals surface area contributed by atoms with E-state index in [0.29, 0.717) is 31.7 Å². The molecule has 0 aromatic heterocycles. The van der Waals surface area contributed by atoms with Crippen molar-refractivity contribution < 1.29 is 22.7 Å². The first-order valence-corrected chi connectivity index (χ1v) is 10.5. The van der Waals surface area contributed by atoms with Crippen LogP contribution in [0, 0.1) is 5.92 Å². The number of carbonyl (C=O) groups excluding carboxylic acids is 1. The molecule has 1 aromatic carbocycles. The van der Waals surface area contributed by atoms with Crippen molar-refractivity contribution >= 4 is 15.9 Å². The van der Waals surface area contributed by atoms with E-state index >= 15 is 0 Å². The summed E-state index contributed by atoms with van der Waals surface area (Å²) in [5, 5.41) is 2.92. The first-order valence-electron chi connectivity index (χ1n) is 9.04. The van der Waals surface area contributed by atoms with Crippen LogP contribution in [0.25, 0.3) is 0 Å². The van der Waals surface area contributed by atoms with Crippen molar-refractivity contribution in [2.45, 2.75) is 36.7 Å². The number of ether oxygens (including phenoxy) is 2. The molecular weight excluding hydrogens is 356 g/mol. The first kappa shape index (κ1) is 19.1. The number of amides is 1. The van der Waals surface area contributed by atoms with Crippen LogP contribution in [-0.4, -0.2) is 58.1 Å². The van der Waals surface area contributed by atoms with Gasteiger partial charge in [0.25, 0.3) is 0 Å². The zero-order valence-corrected chi connectivity index (χ0v) is 15.8. The van der Waals surface area contributed by atoms with Crippen molar-refractivity contribution in [3.05, 3.63) is 24.3 Å². The Balaban J connectivity index is 1.61. The quantitative estimate of drug-likeness (QED) is 0.804. The van der Waals surface area contributed by atoms with E-state index in [1.165, 1.54) is 23.5 Å². The van der Waals surface area contributed by atoms with Crippen molar-refractivity contribution in [1.29, 1.82) is 0 Å². The number of sulfonamides is 1. The number of rotatable bonds is 6. The number of carbonyl (C=O) groups is 1. The largest absolute Gasteiger partial charge is 0.497 e. The van der Waals surface area contributed by atoms with Gasteiger partial charge in [-0.15, -0.1) is 0 Å². The molecule has 1 N–H and O–H groups in total. The molecule has 2 atom stereocenters. The highest BCUT2D eigenvalue weighted by Crippen LogP contribution is 2.25. The molecule has 0 radical (unpaired) electrons. The molecule has 0 saturated carbocycles. The minimum atomic E-state index is -3.61. The number of hydrogen-bond donors (Lipinski definition) is 1. The molecular formula is C18H26N2O5S. The molecule has 2 heterocycles. The molecule has 1 amide bonds. The number of nitrogens with zero attached hydrogens (tertiary/aromatic N) is 1. The molecule has 7 nitrogen and oxygen atoms in total. The van der Waals surface area contributed by atoms with E-state index < -0.39 is 10.0 Å². The van der Waals surface area contributed by atoms with Crippen LogP contribution in [0.1, 0.15) is 25.7 Å². The topological polar surface area (TPSA) is 84.9 Å². The Morgan fingerprint density at radius 3 is 2.69 bits per heavy atom. The summed E-state index contributed by atoms with van der Waals surface area (Å²) in [6.07, 6.45) is 3.45. The second-order valence-electron chi connectivity index (χ2n) is 6.76. The second kappa shape index (κ2) is 8.37. The van der Waals surface area contributed by atoms with Gasteiger partial charge in [-0.05, 0) is 49.9 Å². The van der Waals surface area contributed by atoms with Crippen LogP contribution in [0.4, 0.5) is 0 Å². The van der Waals surface area contributed by atoms with Gasteiger partial charge in [0.2, 0.25) is 15.9 Å². The highest BCUT2D eigenvalue weighted by Gasteiger charge is 2.33. The number of nitrogens with one attached hydrogen (secondary N) is 1. The van der Waals surface area contributed by atoms with Crippen molar-refractivity contribution in [3.63, 3.8) is 0 Å². The number of methoxy groups -OCH3 is 1.